The van der Waals surface area contributed by atoms with Crippen LogP contribution < -0.4 is 16.4 Å². The van der Waals surface area contributed by atoms with Crippen LogP contribution in [0.25, 0.3) is 156 Å². The summed E-state index contributed by atoms with van der Waals surface area (Å²) in [4.78, 5) is 12.4. The minimum Gasteiger partial charge on any atom is -0.306 e. The SMILES string of the molecule is Cc1cccc(C)c1-c1nc2c3c(cc4c5ccccc5n(-c5c(-c6ccccc6)cccc5-c5ccccc5)c42)B2c4c(cccc4-n4c(-c5c(C)cccc5C)nc5c4c2cc2c4ccccc4n(-c4c(-c6ccccc6)cccc4-c4ccccc4)c25)-n13. The first-order chi connectivity index (χ1) is 44.9. The second kappa shape index (κ2) is 19.5. The Morgan fingerprint density at radius 3 is 0.967 bits per heavy atom. The number of aromatic nitrogens is 6. The smallest absolute Gasteiger partial charge is 0.252 e. The highest BCUT2D eigenvalue weighted by Crippen LogP contribution is 2.49. The van der Waals surface area contributed by atoms with Gasteiger partial charge in [0.1, 0.15) is 22.7 Å². The molecule has 0 spiro atoms. The molecule has 0 unspecified atom stereocenters. The van der Waals surface area contributed by atoms with Crippen LogP contribution in [0, 0.1) is 27.7 Å². The molecule has 6 nitrogen and oxygen atoms in total. The van der Waals surface area contributed by atoms with Crippen LogP contribution >= 0.6 is 0 Å². The van der Waals surface area contributed by atoms with Crippen LogP contribution in [0.5, 0.6) is 0 Å². The molecular formula is C84H57BN6. The van der Waals surface area contributed by atoms with E-state index in [-0.39, 0.29) is 6.71 Å². The van der Waals surface area contributed by atoms with Crippen LogP contribution in [0.15, 0.2) is 273 Å². The normalized spacial score (nSPS) is 12.4. The number of fused-ring (bicyclic) bond motifs is 12. The Kier molecular flexibility index (Phi) is 11.0. The van der Waals surface area contributed by atoms with Gasteiger partial charge in [0.05, 0.1) is 44.5 Å². The van der Waals surface area contributed by atoms with Crippen molar-refractivity contribution in [1.82, 2.24) is 28.2 Å². The topological polar surface area (TPSA) is 45.5 Å². The Morgan fingerprint density at radius 2 is 0.604 bits per heavy atom. The van der Waals surface area contributed by atoms with Crippen molar-refractivity contribution in [3.8, 4) is 90.0 Å². The number of hydrogen-bond donors (Lipinski definition) is 0. The zero-order valence-corrected chi connectivity index (χ0v) is 50.7. The summed E-state index contributed by atoms with van der Waals surface area (Å²) in [5.41, 5.74) is 33.0. The number of nitrogens with zero attached hydrogens (tertiary/aromatic N) is 6. The van der Waals surface area contributed by atoms with Crippen molar-refractivity contribution in [2.75, 3.05) is 0 Å². The summed E-state index contributed by atoms with van der Waals surface area (Å²) in [5.74, 6) is 1.87. The van der Waals surface area contributed by atoms with Crippen LogP contribution in [0.2, 0.25) is 0 Å². The van der Waals surface area contributed by atoms with Crippen LogP contribution in [0.3, 0.4) is 0 Å². The molecule has 0 aliphatic carbocycles. The molecule has 2 aliphatic rings. The second-order valence-electron chi connectivity index (χ2n) is 24.9. The average molecular weight is 1160 g/mol. The second-order valence-corrected chi connectivity index (χ2v) is 24.9. The predicted octanol–water partition coefficient (Wildman–Crippen LogP) is 18.9. The number of hydrogen-bond acceptors (Lipinski definition) is 2. The van der Waals surface area contributed by atoms with Crippen LogP contribution in [-0.4, -0.2) is 34.9 Å². The monoisotopic (exact) mass is 1160 g/mol. The number of para-hydroxylation sites is 4. The van der Waals surface area contributed by atoms with Crippen LogP contribution in [0.1, 0.15) is 22.3 Å². The fourth-order valence-electron chi connectivity index (χ4n) is 16.2. The van der Waals surface area contributed by atoms with Crippen molar-refractivity contribution in [2.24, 2.45) is 0 Å². The van der Waals surface area contributed by atoms with Crippen molar-refractivity contribution in [3.63, 3.8) is 0 Å². The molecule has 7 heteroatoms. The minimum absolute atomic E-state index is 0.229. The van der Waals surface area contributed by atoms with E-state index < -0.39 is 0 Å². The van der Waals surface area contributed by atoms with E-state index in [1.807, 2.05) is 0 Å². The zero-order valence-electron chi connectivity index (χ0n) is 50.7. The van der Waals surface area contributed by atoms with Crippen molar-refractivity contribution in [2.45, 2.75) is 27.7 Å². The van der Waals surface area contributed by atoms with Gasteiger partial charge in [-0.3, -0.25) is 9.13 Å². The van der Waals surface area contributed by atoms with E-state index in [9.17, 15) is 0 Å². The molecule has 0 radical (unpaired) electrons. The molecule has 6 heterocycles. The van der Waals surface area contributed by atoms with Gasteiger partial charge in [-0.1, -0.05) is 249 Å². The Hall–Kier alpha value is -11.5. The highest BCUT2D eigenvalue weighted by molar-refractivity contribution is 7.00. The summed E-state index contributed by atoms with van der Waals surface area (Å²) in [6, 6.07) is 101. The minimum atomic E-state index is -0.229. The molecule has 4 aromatic heterocycles. The maximum atomic E-state index is 6.20. The third-order valence-corrected chi connectivity index (χ3v) is 19.9. The molecule has 0 saturated carbocycles. The molecule has 2 aliphatic heterocycles. The lowest BCUT2D eigenvalue weighted by molar-refractivity contribution is 1.07. The van der Waals surface area contributed by atoms with Gasteiger partial charge >= 0.3 is 0 Å². The molecule has 426 valence electrons. The zero-order chi connectivity index (χ0) is 60.3. The summed E-state index contributed by atoms with van der Waals surface area (Å²) in [6.07, 6.45) is 0. The summed E-state index contributed by atoms with van der Waals surface area (Å²) >= 11 is 0. The fourth-order valence-corrected chi connectivity index (χ4v) is 16.2. The van der Waals surface area contributed by atoms with Crippen molar-refractivity contribution < 1.29 is 0 Å². The highest BCUT2D eigenvalue weighted by atomic mass is 15.1. The van der Waals surface area contributed by atoms with Gasteiger partial charge < -0.3 is 9.13 Å². The first kappa shape index (κ1) is 51.5. The number of imidazole rings is 2. The first-order valence-electron chi connectivity index (χ1n) is 31.6. The first-order valence-corrected chi connectivity index (χ1v) is 31.6. The van der Waals surface area contributed by atoms with Gasteiger partial charge in [-0.15, -0.1) is 0 Å². The number of aryl methyl sites for hydroxylation is 4. The van der Waals surface area contributed by atoms with E-state index in [1.54, 1.807) is 0 Å². The van der Waals surface area contributed by atoms with Gasteiger partial charge in [-0.05, 0) is 113 Å². The van der Waals surface area contributed by atoms with E-state index >= 15 is 0 Å². The third-order valence-electron chi connectivity index (χ3n) is 19.9. The highest BCUT2D eigenvalue weighted by Gasteiger charge is 2.44. The molecular weight excluding hydrogens is 1100 g/mol. The van der Waals surface area contributed by atoms with Crippen LogP contribution in [-0.2, 0) is 0 Å². The summed E-state index contributed by atoms with van der Waals surface area (Å²) < 4.78 is 10.2. The average Bonchev–Trinajstić information content (AvgIpc) is 1.56. The molecule has 0 fully saturated rings. The van der Waals surface area contributed by atoms with Gasteiger partial charge in [-0.25, -0.2) is 9.97 Å². The van der Waals surface area contributed by atoms with E-state index in [0.29, 0.717) is 0 Å². The quantitative estimate of drug-likeness (QED) is 0.142. The van der Waals surface area contributed by atoms with Crippen molar-refractivity contribution in [3.05, 3.63) is 295 Å². The molecule has 0 bridgehead atoms. The Balaban J connectivity index is 1.01. The molecule has 0 atom stereocenters. The summed E-state index contributed by atoms with van der Waals surface area (Å²) in [7, 11) is 0. The van der Waals surface area contributed by atoms with Gasteiger partial charge in [0, 0.05) is 66.3 Å². The van der Waals surface area contributed by atoms with E-state index in [0.717, 1.165) is 145 Å². The van der Waals surface area contributed by atoms with Crippen LogP contribution in [0.4, 0.5) is 0 Å². The predicted molar refractivity (Wildman–Crippen MR) is 381 cm³/mol. The maximum Gasteiger partial charge on any atom is 0.252 e. The Morgan fingerprint density at radius 1 is 0.286 bits per heavy atom. The molecule has 19 rings (SSSR count). The summed E-state index contributed by atoms with van der Waals surface area (Å²) in [6.45, 7) is 8.75. The Labute approximate surface area is 526 Å². The lowest BCUT2D eigenvalue weighted by Crippen LogP contribution is -2.59. The number of benzene rings is 13. The third kappa shape index (κ3) is 7.20. The largest absolute Gasteiger partial charge is 0.306 e. The Bertz CT molecular complexity index is 5410. The lowest BCUT2D eigenvalue weighted by atomic mass is 9.34. The van der Waals surface area contributed by atoms with E-state index in [4.69, 9.17) is 9.97 Å². The van der Waals surface area contributed by atoms with E-state index in [1.165, 1.54) is 49.4 Å². The molecule has 0 amide bonds. The molecule has 17 aromatic rings. The fraction of sp³-hybridized carbons (Fsp3) is 0.0476. The van der Waals surface area contributed by atoms with Gasteiger partial charge in [-0.2, -0.15) is 0 Å². The molecule has 13 aromatic carbocycles. The molecule has 91 heavy (non-hydrogen) atoms. The van der Waals surface area contributed by atoms with Crippen molar-refractivity contribution in [1.29, 1.82) is 0 Å². The van der Waals surface area contributed by atoms with Gasteiger partial charge in [0.25, 0.3) is 6.71 Å². The maximum absolute atomic E-state index is 6.20. The van der Waals surface area contributed by atoms with E-state index in [2.05, 4.69) is 319 Å². The van der Waals surface area contributed by atoms with Gasteiger partial charge in [0.2, 0.25) is 0 Å². The molecule has 0 saturated heterocycles. The molecule has 0 N–H and O–H groups in total. The number of rotatable bonds is 8. The van der Waals surface area contributed by atoms with Gasteiger partial charge in [0.15, 0.2) is 0 Å². The lowest BCUT2D eigenvalue weighted by Gasteiger charge is -2.34. The standard InChI is InChI=1S/C84H57BN6/c1-50-26-21-27-51(2)72(50)83-86-75-79-64(62-38-17-19-44-68(62)88(79)77-58(54-30-9-5-10-31-54)40-23-41-59(77)55-32-11-6-12-33-55)48-66-81(75)90(83)70-46-25-47-71-74(70)85(66)67-49-65-63-39-18-20-45-69(63)89(80(65)76-82(67)91(71)84(87-76)73-52(3)28-22-29-53(73)4)78-60(56-34-13-7-14-35-56)42-24-43-61(78)57-36-15-8-16-37-57/h5-49H,1-4H3. The summed E-state index contributed by atoms with van der Waals surface area (Å²) in [5, 5.41) is 4.67. The van der Waals surface area contributed by atoms with Crippen molar-refractivity contribution >= 4 is 88.8 Å².